The number of hydrogen-bond donors (Lipinski definition) is 1. The number of hydrogen-bond acceptors (Lipinski definition) is 4. The summed E-state index contributed by atoms with van der Waals surface area (Å²) in [6.07, 6.45) is 3.55. The summed E-state index contributed by atoms with van der Waals surface area (Å²) < 4.78 is 5.46. The van der Waals surface area contributed by atoms with Crippen LogP contribution in [-0.4, -0.2) is 17.7 Å². The summed E-state index contributed by atoms with van der Waals surface area (Å²) in [7, 11) is 0. The number of thioether (sulfide) groups is 1. The topological polar surface area (TPSA) is 50.7 Å². The van der Waals surface area contributed by atoms with E-state index >= 15 is 0 Å². The molecule has 0 bridgehead atoms. The van der Waals surface area contributed by atoms with Crippen LogP contribution in [0, 0.1) is 13.8 Å². The SMILES string of the molecule is C=CCOc1ccc(/C=C2/SC(=Nc3c(C)cccc3C)NC2=O)cc1. The maximum Gasteiger partial charge on any atom is 0.264 e. The van der Waals surface area contributed by atoms with Crippen LogP contribution in [0.5, 0.6) is 5.75 Å². The van der Waals surface area contributed by atoms with E-state index in [1.165, 1.54) is 11.8 Å². The molecule has 1 N–H and O–H groups in total. The van der Waals surface area contributed by atoms with E-state index in [1.807, 2.05) is 62.4 Å². The Hall–Kier alpha value is -2.79. The fraction of sp³-hybridized carbons (Fsp3) is 0.143. The molecule has 132 valence electrons. The standard InChI is InChI=1S/C21H20N2O2S/c1-4-12-25-17-10-8-16(9-11-17)13-18-20(24)23-21(26-18)22-19-14(2)6-5-7-15(19)3/h4-11,13H,1,12H2,2-3H3,(H,22,23,24)/b18-13+. The van der Waals surface area contributed by atoms with E-state index in [0.717, 1.165) is 28.1 Å². The van der Waals surface area contributed by atoms with Gasteiger partial charge in [0.25, 0.3) is 5.91 Å². The van der Waals surface area contributed by atoms with Crippen LogP contribution in [0.2, 0.25) is 0 Å². The van der Waals surface area contributed by atoms with Gasteiger partial charge in [0.15, 0.2) is 5.17 Å². The highest BCUT2D eigenvalue weighted by molar-refractivity contribution is 8.18. The van der Waals surface area contributed by atoms with Gasteiger partial charge in [-0.15, -0.1) is 0 Å². The quantitative estimate of drug-likeness (QED) is 0.615. The van der Waals surface area contributed by atoms with Gasteiger partial charge in [-0.05, 0) is 60.5 Å². The molecule has 0 spiro atoms. The maximum atomic E-state index is 12.2. The number of ether oxygens (including phenoxy) is 1. The monoisotopic (exact) mass is 364 g/mol. The highest BCUT2D eigenvalue weighted by atomic mass is 32.2. The van der Waals surface area contributed by atoms with Crippen molar-refractivity contribution in [3.8, 4) is 5.75 Å². The molecular formula is C21H20N2O2S. The Labute approximate surface area is 157 Å². The number of aryl methyl sites for hydroxylation is 2. The van der Waals surface area contributed by atoms with E-state index < -0.39 is 0 Å². The maximum absolute atomic E-state index is 12.2. The molecule has 1 fully saturated rings. The molecule has 0 atom stereocenters. The molecule has 0 aromatic heterocycles. The van der Waals surface area contributed by atoms with Gasteiger partial charge in [0, 0.05) is 0 Å². The first kappa shape index (κ1) is 18.0. The lowest BCUT2D eigenvalue weighted by Crippen LogP contribution is -2.19. The third-order valence-corrected chi connectivity index (χ3v) is 4.76. The average molecular weight is 364 g/mol. The molecule has 26 heavy (non-hydrogen) atoms. The van der Waals surface area contributed by atoms with Crippen molar-refractivity contribution in [3.63, 3.8) is 0 Å². The number of nitrogens with zero attached hydrogens (tertiary/aromatic N) is 1. The first-order chi connectivity index (χ1) is 12.6. The van der Waals surface area contributed by atoms with E-state index in [4.69, 9.17) is 4.74 Å². The second-order valence-corrected chi connectivity index (χ2v) is 6.92. The zero-order chi connectivity index (χ0) is 18.5. The Kier molecular flexibility index (Phi) is 5.58. The Bertz CT molecular complexity index is 878. The molecule has 0 radical (unpaired) electrons. The molecule has 0 unspecified atom stereocenters. The zero-order valence-corrected chi connectivity index (χ0v) is 15.6. The number of aliphatic imine (C=N–C) groups is 1. The molecule has 5 heteroatoms. The van der Waals surface area contributed by atoms with Crippen molar-refractivity contribution in [2.45, 2.75) is 13.8 Å². The number of carbonyl (C=O) groups is 1. The van der Waals surface area contributed by atoms with Gasteiger partial charge in [-0.1, -0.05) is 43.0 Å². The lowest BCUT2D eigenvalue weighted by Gasteiger charge is -2.04. The van der Waals surface area contributed by atoms with Gasteiger partial charge in [-0.25, -0.2) is 4.99 Å². The van der Waals surface area contributed by atoms with Crippen molar-refractivity contribution >= 4 is 34.6 Å². The second kappa shape index (κ2) is 8.06. The lowest BCUT2D eigenvalue weighted by molar-refractivity contribution is -0.115. The number of carbonyl (C=O) groups excluding carboxylic acids is 1. The smallest absolute Gasteiger partial charge is 0.264 e. The lowest BCUT2D eigenvalue weighted by atomic mass is 10.1. The van der Waals surface area contributed by atoms with E-state index in [-0.39, 0.29) is 5.91 Å². The Morgan fingerprint density at radius 3 is 2.50 bits per heavy atom. The Balaban J connectivity index is 1.78. The molecule has 1 aliphatic rings. The van der Waals surface area contributed by atoms with Crippen LogP contribution in [0.1, 0.15) is 16.7 Å². The summed E-state index contributed by atoms with van der Waals surface area (Å²) in [4.78, 5) is 17.5. The van der Waals surface area contributed by atoms with Crippen LogP contribution in [0.25, 0.3) is 6.08 Å². The summed E-state index contributed by atoms with van der Waals surface area (Å²) in [5.41, 5.74) is 4.00. The molecular weight excluding hydrogens is 344 g/mol. The van der Waals surface area contributed by atoms with Crippen LogP contribution >= 0.6 is 11.8 Å². The van der Waals surface area contributed by atoms with Crippen molar-refractivity contribution in [2.24, 2.45) is 4.99 Å². The number of nitrogens with one attached hydrogen (secondary N) is 1. The van der Waals surface area contributed by atoms with E-state index in [1.54, 1.807) is 6.08 Å². The van der Waals surface area contributed by atoms with Crippen LogP contribution in [0.3, 0.4) is 0 Å². The van der Waals surface area contributed by atoms with E-state index in [9.17, 15) is 4.79 Å². The minimum absolute atomic E-state index is 0.132. The molecule has 1 aliphatic heterocycles. The summed E-state index contributed by atoms with van der Waals surface area (Å²) in [6, 6.07) is 13.6. The predicted octanol–water partition coefficient (Wildman–Crippen LogP) is 4.76. The van der Waals surface area contributed by atoms with Crippen LogP contribution < -0.4 is 10.1 Å². The first-order valence-corrected chi connectivity index (χ1v) is 9.08. The number of para-hydroxylation sites is 1. The van der Waals surface area contributed by atoms with Gasteiger partial charge in [0.1, 0.15) is 12.4 Å². The number of amidine groups is 1. The van der Waals surface area contributed by atoms with Gasteiger partial charge in [0.05, 0.1) is 10.6 Å². The van der Waals surface area contributed by atoms with Crippen molar-refractivity contribution in [2.75, 3.05) is 6.61 Å². The van der Waals surface area contributed by atoms with Gasteiger partial charge in [0.2, 0.25) is 0 Å². The summed E-state index contributed by atoms with van der Waals surface area (Å²) in [6.45, 7) is 8.12. The Morgan fingerprint density at radius 1 is 1.15 bits per heavy atom. The molecule has 2 aromatic carbocycles. The van der Waals surface area contributed by atoms with Crippen molar-refractivity contribution in [1.82, 2.24) is 5.32 Å². The highest BCUT2D eigenvalue weighted by Gasteiger charge is 2.24. The largest absolute Gasteiger partial charge is 0.490 e. The second-order valence-electron chi connectivity index (χ2n) is 5.89. The van der Waals surface area contributed by atoms with Gasteiger partial charge < -0.3 is 10.1 Å². The fourth-order valence-corrected chi connectivity index (χ4v) is 3.36. The van der Waals surface area contributed by atoms with Gasteiger partial charge in [-0.3, -0.25) is 4.79 Å². The van der Waals surface area contributed by atoms with Crippen LogP contribution in [0.4, 0.5) is 5.69 Å². The number of rotatable bonds is 5. The summed E-state index contributed by atoms with van der Waals surface area (Å²) in [5, 5.41) is 3.44. The van der Waals surface area contributed by atoms with Crippen molar-refractivity contribution < 1.29 is 9.53 Å². The van der Waals surface area contributed by atoms with E-state index in [0.29, 0.717) is 16.7 Å². The minimum Gasteiger partial charge on any atom is -0.490 e. The normalized spacial score (nSPS) is 16.8. The van der Waals surface area contributed by atoms with Gasteiger partial charge in [-0.2, -0.15) is 0 Å². The van der Waals surface area contributed by atoms with Crippen LogP contribution in [0.15, 0.2) is 65.0 Å². The van der Waals surface area contributed by atoms with Crippen molar-refractivity contribution in [1.29, 1.82) is 0 Å². The third kappa shape index (κ3) is 4.24. The predicted molar refractivity (Wildman–Crippen MR) is 109 cm³/mol. The molecule has 1 saturated heterocycles. The average Bonchev–Trinajstić information content (AvgIpc) is 2.97. The minimum atomic E-state index is -0.132. The van der Waals surface area contributed by atoms with Crippen molar-refractivity contribution in [3.05, 3.63) is 76.7 Å². The summed E-state index contributed by atoms with van der Waals surface area (Å²) >= 11 is 1.35. The number of amides is 1. The molecule has 4 nitrogen and oxygen atoms in total. The molecule has 0 aliphatic carbocycles. The third-order valence-electron chi connectivity index (χ3n) is 3.85. The van der Waals surface area contributed by atoms with E-state index in [2.05, 4.69) is 16.9 Å². The Morgan fingerprint density at radius 2 is 1.85 bits per heavy atom. The number of benzene rings is 2. The molecule has 0 saturated carbocycles. The molecule has 1 heterocycles. The zero-order valence-electron chi connectivity index (χ0n) is 14.8. The summed E-state index contributed by atoms with van der Waals surface area (Å²) in [5.74, 6) is 0.639. The highest BCUT2D eigenvalue weighted by Crippen LogP contribution is 2.30. The fourth-order valence-electron chi connectivity index (χ4n) is 2.53. The molecule has 1 amide bonds. The molecule has 3 rings (SSSR count). The van der Waals surface area contributed by atoms with Gasteiger partial charge >= 0.3 is 0 Å². The first-order valence-electron chi connectivity index (χ1n) is 8.26. The van der Waals surface area contributed by atoms with Crippen LogP contribution in [-0.2, 0) is 4.79 Å². The molecule has 2 aromatic rings.